The van der Waals surface area contributed by atoms with Gasteiger partial charge in [-0.2, -0.15) is 0 Å². The maximum Gasteiger partial charge on any atom is 0.191 e. The highest BCUT2D eigenvalue weighted by atomic mass is 35.5. The molecule has 7 heteroatoms. The van der Waals surface area contributed by atoms with Crippen molar-refractivity contribution in [2.45, 2.75) is 45.3 Å². The van der Waals surface area contributed by atoms with E-state index < -0.39 is 0 Å². The van der Waals surface area contributed by atoms with E-state index in [0.29, 0.717) is 17.6 Å². The number of nitrogens with zero attached hydrogens (tertiary/aromatic N) is 2. The van der Waals surface area contributed by atoms with Crippen molar-refractivity contribution >= 4 is 17.6 Å². The molecule has 2 atom stereocenters. The van der Waals surface area contributed by atoms with Crippen molar-refractivity contribution in [3.8, 4) is 5.75 Å². The number of ether oxygens (including phenoxy) is 2. The van der Waals surface area contributed by atoms with Crippen LogP contribution in [0.2, 0.25) is 5.02 Å². The quantitative estimate of drug-likeness (QED) is 0.497. The summed E-state index contributed by atoms with van der Waals surface area (Å²) < 4.78 is 11.4. The molecular weight excluding hydrogens is 388 g/mol. The average Bonchev–Trinajstić information content (AvgIpc) is 3.21. The first-order valence-corrected chi connectivity index (χ1v) is 11.3. The molecule has 2 fully saturated rings. The van der Waals surface area contributed by atoms with Crippen LogP contribution >= 0.6 is 11.6 Å². The van der Waals surface area contributed by atoms with Crippen LogP contribution in [0.25, 0.3) is 0 Å². The fourth-order valence-corrected chi connectivity index (χ4v) is 4.08. The van der Waals surface area contributed by atoms with Crippen LogP contribution in [0.1, 0.15) is 33.1 Å². The van der Waals surface area contributed by atoms with Crippen molar-refractivity contribution in [2.75, 3.05) is 45.9 Å². The molecule has 2 aliphatic rings. The molecule has 2 N–H and O–H groups in total. The summed E-state index contributed by atoms with van der Waals surface area (Å²) in [5.74, 6) is 2.37. The van der Waals surface area contributed by atoms with Gasteiger partial charge in [0, 0.05) is 43.9 Å². The second-order valence-corrected chi connectivity index (χ2v) is 8.49. The van der Waals surface area contributed by atoms with Crippen molar-refractivity contribution in [2.24, 2.45) is 10.9 Å². The van der Waals surface area contributed by atoms with Gasteiger partial charge in [0.1, 0.15) is 11.9 Å². The van der Waals surface area contributed by atoms with Crippen LogP contribution in [-0.2, 0) is 4.74 Å². The van der Waals surface area contributed by atoms with E-state index >= 15 is 0 Å². The molecule has 3 rings (SSSR count). The van der Waals surface area contributed by atoms with E-state index in [1.807, 2.05) is 31.2 Å². The third-order valence-electron chi connectivity index (χ3n) is 5.45. The van der Waals surface area contributed by atoms with Gasteiger partial charge in [0.2, 0.25) is 0 Å². The fraction of sp³-hybridized carbons (Fsp3) is 0.682. The minimum Gasteiger partial charge on any atom is -0.489 e. The maximum absolute atomic E-state index is 6.03. The predicted octanol–water partition coefficient (Wildman–Crippen LogP) is 3.16. The summed E-state index contributed by atoms with van der Waals surface area (Å²) >= 11 is 6.03. The second-order valence-electron chi connectivity index (χ2n) is 8.05. The molecule has 0 spiro atoms. The van der Waals surface area contributed by atoms with Gasteiger partial charge in [-0.05, 0) is 57.2 Å². The number of aliphatic imine (C=N–C) groups is 1. The van der Waals surface area contributed by atoms with E-state index in [4.69, 9.17) is 26.1 Å². The molecule has 0 bridgehead atoms. The van der Waals surface area contributed by atoms with Gasteiger partial charge < -0.3 is 25.0 Å². The molecule has 0 saturated carbocycles. The zero-order chi connectivity index (χ0) is 20.5. The highest BCUT2D eigenvalue weighted by molar-refractivity contribution is 6.30. The Morgan fingerprint density at radius 2 is 2.17 bits per heavy atom. The number of rotatable bonds is 8. The molecule has 2 aliphatic heterocycles. The molecule has 1 aromatic carbocycles. The maximum atomic E-state index is 6.03. The molecule has 1 aromatic rings. The fourth-order valence-electron chi connectivity index (χ4n) is 3.90. The lowest BCUT2D eigenvalue weighted by Crippen LogP contribution is -2.49. The predicted molar refractivity (Wildman–Crippen MR) is 119 cm³/mol. The van der Waals surface area contributed by atoms with Gasteiger partial charge in [0.15, 0.2) is 5.96 Å². The molecule has 6 nitrogen and oxygen atoms in total. The average molecular weight is 423 g/mol. The Bertz CT molecular complexity index is 643. The van der Waals surface area contributed by atoms with E-state index in [-0.39, 0.29) is 6.10 Å². The first-order chi connectivity index (χ1) is 14.1. The summed E-state index contributed by atoms with van der Waals surface area (Å²) in [5, 5.41) is 7.65. The molecule has 162 valence electrons. The van der Waals surface area contributed by atoms with Gasteiger partial charge in [-0.15, -0.1) is 0 Å². The molecule has 0 aromatic heterocycles. The van der Waals surface area contributed by atoms with Gasteiger partial charge in [0.05, 0.1) is 13.2 Å². The monoisotopic (exact) mass is 422 g/mol. The van der Waals surface area contributed by atoms with Crippen molar-refractivity contribution < 1.29 is 9.47 Å². The zero-order valence-corrected chi connectivity index (χ0v) is 18.5. The normalized spacial score (nSPS) is 22.4. The standard InChI is InChI=1S/C22H35ClN4O2/c1-3-24-22(25-14-17(2)29-21-6-4-5-19(23)13-21)26-20-7-10-27(11-8-20)15-18-9-12-28-16-18/h4-6,13,17-18,20H,3,7-12,14-16H2,1-2H3,(H2,24,25,26). The topological polar surface area (TPSA) is 58.1 Å². The summed E-state index contributed by atoms with van der Waals surface area (Å²) in [5.41, 5.74) is 0. The third kappa shape index (κ3) is 7.68. The highest BCUT2D eigenvalue weighted by Gasteiger charge is 2.24. The van der Waals surface area contributed by atoms with Crippen LogP contribution in [0.5, 0.6) is 5.75 Å². The number of likely N-dealkylation sites (tertiary alicyclic amines) is 1. The summed E-state index contributed by atoms with van der Waals surface area (Å²) in [6, 6.07) is 7.95. The first-order valence-electron chi connectivity index (χ1n) is 10.9. The molecule has 2 heterocycles. The Kier molecular flexibility index (Phi) is 8.90. The minimum absolute atomic E-state index is 0.0283. The lowest BCUT2D eigenvalue weighted by atomic mass is 10.0. The first kappa shape index (κ1) is 22.2. The SMILES string of the molecule is CCNC(=NCC(C)Oc1cccc(Cl)c1)NC1CCN(CC2CCOC2)CC1. The summed E-state index contributed by atoms with van der Waals surface area (Å²) in [6.45, 7) is 10.9. The lowest BCUT2D eigenvalue weighted by Gasteiger charge is -2.34. The third-order valence-corrected chi connectivity index (χ3v) is 5.69. The van der Waals surface area contributed by atoms with Crippen molar-refractivity contribution in [3.63, 3.8) is 0 Å². The number of halogens is 1. The lowest BCUT2D eigenvalue weighted by molar-refractivity contribution is 0.150. The minimum atomic E-state index is -0.0283. The number of nitrogens with one attached hydrogen (secondary N) is 2. The van der Waals surface area contributed by atoms with E-state index in [0.717, 1.165) is 63.3 Å². The van der Waals surface area contributed by atoms with Crippen LogP contribution < -0.4 is 15.4 Å². The van der Waals surface area contributed by atoms with Gasteiger partial charge in [-0.3, -0.25) is 0 Å². The van der Waals surface area contributed by atoms with E-state index in [2.05, 4.69) is 22.5 Å². The molecule has 0 radical (unpaired) electrons. The molecule has 0 aliphatic carbocycles. The Morgan fingerprint density at radius 3 is 2.86 bits per heavy atom. The molecule has 29 heavy (non-hydrogen) atoms. The Morgan fingerprint density at radius 1 is 1.34 bits per heavy atom. The van der Waals surface area contributed by atoms with E-state index in [1.165, 1.54) is 13.0 Å². The number of guanidine groups is 1. The van der Waals surface area contributed by atoms with Crippen LogP contribution in [0.15, 0.2) is 29.3 Å². The smallest absolute Gasteiger partial charge is 0.191 e. The van der Waals surface area contributed by atoms with Crippen LogP contribution in [0.4, 0.5) is 0 Å². The number of piperidine rings is 1. The number of hydrogen-bond donors (Lipinski definition) is 2. The van der Waals surface area contributed by atoms with Gasteiger partial charge in [-0.25, -0.2) is 4.99 Å². The van der Waals surface area contributed by atoms with Crippen LogP contribution in [0.3, 0.4) is 0 Å². The van der Waals surface area contributed by atoms with Crippen molar-refractivity contribution in [1.29, 1.82) is 0 Å². The summed E-state index contributed by atoms with van der Waals surface area (Å²) in [4.78, 5) is 7.32. The zero-order valence-electron chi connectivity index (χ0n) is 17.7. The summed E-state index contributed by atoms with van der Waals surface area (Å²) in [7, 11) is 0. The van der Waals surface area contributed by atoms with Gasteiger partial charge >= 0.3 is 0 Å². The van der Waals surface area contributed by atoms with E-state index in [9.17, 15) is 0 Å². The van der Waals surface area contributed by atoms with Crippen molar-refractivity contribution in [3.05, 3.63) is 29.3 Å². The Hall–Kier alpha value is -1.50. The molecule has 0 amide bonds. The second kappa shape index (κ2) is 11.6. The highest BCUT2D eigenvalue weighted by Crippen LogP contribution is 2.19. The van der Waals surface area contributed by atoms with Gasteiger partial charge in [0.25, 0.3) is 0 Å². The van der Waals surface area contributed by atoms with Crippen LogP contribution in [-0.4, -0.2) is 68.9 Å². The Balaban J connectivity index is 1.43. The number of benzene rings is 1. The van der Waals surface area contributed by atoms with Crippen LogP contribution in [0, 0.1) is 5.92 Å². The van der Waals surface area contributed by atoms with E-state index in [1.54, 1.807) is 0 Å². The summed E-state index contributed by atoms with van der Waals surface area (Å²) in [6.07, 6.45) is 3.48. The van der Waals surface area contributed by atoms with Crippen molar-refractivity contribution in [1.82, 2.24) is 15.5 Å². The molecule has 2 unspecified atom stereocenters. The Labute approximate surface area is 180 Å². The molecular formula is C22H35ClN4O2. The number of hydrogen-bond acceptors (Lipinski definition) is 4. The largest absolute Gasteiger partial charge is 0.489 e. The van der Waals surface area contributed by atoms with Gasteiger partial charge in [-0.1, -0.05) is 17.7 Å². The molecule has 2 saturated heterocycles.